The lowest BCUT2D eigenvalue weighted by Gasteiger charge is -2.27. The molecule has 86 valence electrons. The molecule has 4 nitrogen and oxygen atoms in total. The van der Waals surface area contributed by atoms with Crippen molar-refractivity contribution in [2.24, 2.45) is 5.41 Å². The first kappa shape index (κ1) is 12.0. The average Bonchev–Trinajstić information content (AvgIpc) is 2.22. The van der Waals surface area contributed by atoms with Gasteiger partial charge in [0.2, 0.25) is 0 Å². The number of carbonyl (C=O) groups excluding carboxylic acids is 2. The number of ether oxygens (including phenoxy) is 2. The minimum Gasteiger partial charge on any atom is -0.457 e. The summed E-state index contributed by atoms with van der Waals surface area (Å²) in [6.45, 7) is 8.83. The second kappa shape index (κ2) is 3.51. The van der Waals surface area contributed by atoms with Gasteiger partial charge in [0, 0.05) is 0 Å². The summed E-state index contributed by atoms with van der Waals surface area (Å²) in [5.41, 5.74) is -1.26. The van der Waals surface area contributed by atoms with Crippen LogP contribution in [-0.4, -0.2) is 23.6 Å². The minimum absolute atomic E-state index is 0.148. The topological polar surface area (TPSA) is 52.6 Å². The van der Waals surface area contributed by atoms with Gasteiger partial charge in [-0.15, -0.1) is 0 Å². The lowest BCUT2D eigenvalue weighted by Crippen LogP contribution is -2.38. The van der Waals surface area contributed by atoms with E-state index in [2.05, 4.69) is 0 Å². The van der Waals surface area contributed by atoms with Crippen molar-refractivity contribution in [2.45, 2.75) is 52.7 Å². The summed E-state index contributed by atoms with van der Waals surface area (Å²) in [6, 6.07) is 0. The quantitative estimate of drug-likeness (QED) is 0.623. The molecular formula is C11H18O4. The molecule has 1 saturated heterocycles. The van der Waals surface area contributed by atoms with Gasteiger partial charge in [0.05, 0.1) is 11.8 Å². The molecule has 15 heavy (non-hydrogen) atoms. The fraction of sp³-hybridized carbons (Fsp3) is 0.818. The molecular weight excluding hydrogens is 196 g/mol. The van der Waals surface area contributed by atoms with Crippen LogP contribution < -0.4 is 0 Å². The van der Waals surface area contributed by atoms with Crippen LogP contribution in [0.25, 0.3) is 0 Å². The Morgan fingerprint density at radius 2 is 2.00 bits per heavy atom. The van der Waals surface area contributed by atoms with Gasteiger partial charge in [0.25, 0.3) is 0 Å². The van der Waals surface area contributed by atoms with Crippen LogP contribution >= 0.6 is 0 Å². The van der Waals surface area contributed by atoms with Crippen LogP contribution in [0.5, 0.6) is 0 Å². The number of rotatable bonds is 1. The van der Waals surface area contributed by atoms with E-state index in [1.54, 1.807) is 34.6 Å². The molecule has 1 heterocycles. The van der Waals surface area contributed by atoms with Gasteiger partial charge in [-0.3, -0.25) is 9.59 Å². The second-order valence-electron chi connectivity index (χ2n) is 5.43. The SMILES string of the molecule is CC(C)(C)C(=O)O[C@@H]1CC(=O)OC1(C)C. The molecule has 0 radical (unpaired) electrons. The molecule has 0 spiro atoms. The van der Waals surface area contributed by atoms with Gasteiger partial charge in [0.15, 0.2) is 6.10 Å². The zero-order chi connectivity index (χ0) is 11.9. The van der Waals surface area contributed by atoms with E-state index in [0.717, 1.165) is 0 Å². The van der Waals surface area contributed by atoms with Crippen molar-refractivity contribution in [3.05, 3.63) is 0 Å². The van der Waals surface area contributed by atoms with Crippen LogP contribution in [-0.2, 0) is 19.1 Å². The molecule has 0 saturated carbocycles. The van der Waals surface area contributed by atoms with Gasteiger partial charge in [-0.05, 0) is 34.6 Å². The van der Waals surface area contributed by atoms with E-state index < -0.39 is 17.1 Å². The molecule has 1 aliphatic heterocycles. The van der Waals surface area contributed by atoms with Crippen LogP contribution in [0.4, 0.5) is 0 Å². The lowest BCUT2D eigenvalue weighted by atomic mass is 9.96. The largest absolute Gasteiger partial charge is 0.457 e. The normalized spacial score (nSPS) is 24.9. The van der Waals surface area contributed by atoms with Crippen LogP contribution in [0, 0.1) is 5.41 Å². The van der Waals surface area contributed by atoms with Crippen molar-refractivity contribution in [3.63, 3.8) is 0 Å². The summed E-state index contributed by atoms with van der Waals surface area (Å²) < 4.78 is 10.3. The van der Waals surface area contributed by atoms with Crippen LogP contribution in [0.1, 0.15) is 41.0 Å². The van der Waals surface area contributed by atoms with E-state index in [9.17, 15) is 9.59 Å². The summed E-state index contributed by atoms with van der Waals surface area (Å²) in [4.78, 5) is 22.7. The Kier molecular flexibility index (Phi) is 2.81. The number of carbonyl (C=O) groups is 2. The molecule has 4 heteroatoms. The highest BCUT2D eigenvalue weighted by Gasteiger charge is 2.45. The maximum atomic E-state index is 11.6. The number of hydrogen-bond acceptors (Lipinski definition) is 4. The second-order valence-corrected chi connectivity index (χ2v) is 5.43. The number of cyclic esters (lactones) is 1. The highest BCUT2D eigenvalue weighted by Crippen LogP contribution is 2.30. The standard InChI is InChI=1S/C11H18O4/c1-10(2,3)9(13)14-7-6-8(12)15-11(7,4)5/h7H,6H2,1-5H3/t7-/m1/s1. The van der Waals surface area contributed by atoms with E-state index in [4.69, 9.17) is 9.47 Å². The van der Waals surface area contributed by atoms with Crippen molar-refractivity contribution >= 4 is 11.9 Å². The third-order valence-electron chi connectivity index (χ3n) is 2.37. The highest BCUT2D eigenvalue weighted by molar-refractivity contribution is 5.78. The zero-order valence-electron chi connectivity index (χ0n) is 9.92. The Morgan fingerprint density at radius 3 is 2.33 bits per heavy atom. The molecule has 0 amide bonds. The number of hydrogen-bond donors (Lipinski definition) is 0. The van der Waals surface area contributed by atoms with Gasteiger partial charge in [-0.25, -0.2) is 0 Å². The van der Waals surface area contributed by atoms with Gasteiger partial charge in [0.1, 0.15) is 5.60 Å². The average molecular weight is 214 g/mol. The van der Waals surface area contributed by atoms with Gasteiger partial charge < -0.3 is 9.47 Å². The van der Waals surface area contributed by atoms with Crippen molar-refractivity contribution < 1.29 is 19.1 Å². The third-order valence-corrected chi connectivity index (χ3v) is 2.37. The molecule has 0 aromatic rings. The summed E-state index contributed by atoms with van der Waals surface area (Å²) in [6.07, 6.45) is -0.328. The molecule has 1 atom stereocenters. The monoisotopic (exact) mass is 214 g/mol. The summed E-state index contributed by atoms with van der Waals surface area (Å²) in [7, 11) is 0. The summed E-state index contributed by atoms with van der Waals surface area (Å²) in [5.74, 6) is -0.620. The fourth-order valence-electron chi connectivity index (χ4n) is 1.29. The first-order chi connectivity index (χ1) is 6.63. The Labute approximate surface area is 89.9 Å². The molecule has 0 aromatic heterocycles. The third kappa shape index (κ3) is 2.70. The predicted octanol–water partition coefficient (Wildman–Crippen LogP) is 1.67. The number of esters is 2. The molecule has 0 unspecified atom stereocenters. The van der Waals surface area contributed by atoms with E-state index in [1.807, 2.05) is 0 Å². The molecule has 1 aliphatic rings. The first-order valence-electron chi connectivity index (χ1n) is 5.06. The maximum absolute atomic E-state index is 11.6. The van der Waals surface area contributed by atoms with Crippen molar-refractivity contribution in [1.82, 2.24) is 0 Å². The van der Waals surface area contributed by atoms with Gasteiger partial charge >= 0.3 is 11.9 Å². The van der Waals surface area contributed by atoms with Gasteiger partial charge in [-0.2, -0.15) is 0 Å². The van der Waals surface area contributed by atoms with Crippen molar-refractivity contribution in [1.29, 1.82) is 0 Å². The molecule has 0 aliphatic carbocycles. The first-order valence-corrected chi connectivity index (χ1v) is 5.06. The molecule has 0 bridgehead atoms. The van der Waals surface area contributed by atoms with Crippen LogP contribution in [0.3, 0.4) is 0 Å². The van der Waals surface area contributed by atoms with E-state index >= 15 is 0 Å². The van der Waals surface area contributed by atoms with Gasteiger partial charge in [-0.1, -0.05) is 0 Å². The molecule has 0 aromatic carbocycles. The lowest BCUT2D eigenvalue weighted by molar-refractivity contribution is -0.167. The van der Waals surface area contributed by atoms with Crippen molar-refractivity contribution in [3.8, 4) is 0 Å². The summed E-state index contributed by atoms with van der Waals surface area (Å²) >= 11 is 0. The Balaban J connectivity index is 2.67. The minimum atomic E-state index is -0.710. The van der Waals surface area contributed by atoms with Crippen molar-refractivity contribution in [2.75, 3.05) is 0 Å². The fourth-order valence-corrected chi connectivity index (χ4v) is 1.29. The highest BCUT2D eigenvalue weighted by atomic mass is 16.6. The smallest absolute Gasteiger partial charge is 0.311 e. The zero-order valence-corrected chi connectivity index (χ0v) is 9.92. The van der Waals surface area contributed by atoms with E-state index in [0.29, 0.717) is 0 Å². The molecule has 1 fully saturated rings. The Hall–Kier alpha value is -1.06. The summed E-state index contributed by atoms with van der Waals surface area (Å²) in [5, 5.41) is 0. The molecule has 1 rings (SSSR count). The van der Waals surface area contributed by atoms with Crippen LogP contribution in [0.2, 0.25) is 0 Å². The van der Waals surface area contributed by atoms with Crippen LogP contribution in [0.15, 0.2) is 0 Å². The van der Waals surface area contributed by atoms with E-state index in [-0.39, 0.29) is 18.4 Å². The predicted molar refractivity (Wildman–Crippen MR) is 54.1 cm³/mol. The molecule has 0 N–H and O–H groups in total. The Bertz CT molecular complexity index is 285. The van der Waals surface area contributed by atoms with E-state index in [1.165, 1.54) is 0 Å². The Morgan fingerprint density at radius 1 is 1.47 bits per heavy atom. The maximum Gasteiger partial charge on any atom is 0.311 e.